The van der Waals surface area contributed by atoms with E-state index < -0.39 is 24.0 Å². The first-order valence-corrected chi connectivity index (χ1v) is 11.0. The average Bonchev–Trinajstić information content (AvgIpc) is 3.07. The highest BCUT2D eigenvalue weighted by molar-refractivity contribution is 5.63. The zero-order valence-electron chi connectivity index (χ0n) is 17.9. The third kappa shape index (κ3) is 3.38. The Morgan fingerprint density at radius 1 is 1.19 bits per heavy atom. The monoisotopic (exact) mass is 455 g/mol. The maximum absolute atomic E-state index is 13.3. The predicted molar refractivity (Wildman–Crippen MR) is 109 cm³/mol. The molecule has 5 rings (SSSR count). The molecule has 0 amide bonds. The Bertz CT molecular complexity index is 1020. The number of hydrogen-bond donors (Lipinski definition) is 1. The molecular formula is C22H26F5N5. The number of likely N-dealkylation sites (tertiary alicyclic amines) is 1. The first kappa shape index (κ1) is 21.6. The second-order valence-electron chi connectivity index (χ2n) is 9.72. The SMILES string of the molecule is CC(C)n1nc(-c2cnc(N)c(C(F)(F)F)c2)cc1C1[C@H]2CC3(CCN3CC(F)F)C[C@@H]12. The number of hydrogen-bond acceptors (Lipinski definition) is 4. The summed E-state index contributed by atoms with van der Waals surface area (Å²) in [4.78, 5) is 5.67. The van der Waals surface area contributed by atoms with Crippen molar-refractivity contribution in [3.05, 3.63) is 29.6 Å². The van der Waals surface area contributed by atoms with Crippen LogP contribution in [0.3, 0.4) is 0 Å². The number of anilines is 1. The smallest absolute Gasteiger partial charge is 0.383 e. The van der Waals surface area contributed by atoms with E-state index in [0.717, 1.165) is 37.6 Å². The van der Waals surface area contributed by atoms with Crippen molar-refractivity contribution in [3.8, 4) is 11.3 Å². The van der Waals surface area contributed by atoms with Crippen LogP contribution in [0.1, 0.15) is 56.3 Å². The van der Waals surface area contributed by atoms with Gasteiger partial charge in [0.25, 0.3) is 6.43 Å². The fraction of sp³-hybridized carbons (Fsp3) is 0.636. The van der Waals surface area contributed by atoms with Crippen LogP contribution in [0.15, 0.2) is 18.3 Å². The van der Waals surface area contributed by atoms with Crippen LogP contribution in [0.25, 0.3) is 11.3 Å². The van der Waals surface area contributed by atoms with E-state index in [1.807, 2.05) is 29.5 Å². The van der Waals surface area contributed by atoms with Gasteiger partial charge in [-0.05, 0) is 57.1 Å². The summed E-state index contributed by atoms with van der Waals surface area (Å²) in [6.45, 7) is 4.54. The van der Waals surface area contributed by atoms with Crippen LogP contribution < -0.4 is 5.73 Å². The molecule has 0 aromatic carbocycles. The van der Waals surface area contributed by atoms with Gasteiger partial charge in [0.15, 0.2) is 0 Å². The number of nitrogens with zero attached hydrogens (tertiary/aromatic N) is 4. The van der Waals surface area contributed by atoms with Crippen molar-refractivity contribution in [1.29, 1.82) is 0 Å². The molecular weight excluding hydrogens is 429 g/mol. The second-order valence-corrected chi connectivity index (χ2v) is 9.72. The summed E-state index contributed by atoms with van der Waals surface area (Å²) in [6.07, 6.45) is -2.83. The van der Waals surface area contributed by atoms with Gasteiger partial charge < -0.3 is 5.73 Å². The van der Waals surface area contributed by atoms with Gasteiger partial charge in [0.2, 0.25) is 0 Å². The average molecular weight is 455 g/mol. The Morgan fingerprint density at radius 3 is 2.41 bits per heavy atom. The molecule has 1 spiro atoms. The fourth-order valence-corrected chi connectivity index (χ4v) is 5.96. The summed E-state index contributed by atoms with van der Waals surface area (Å²) < 4.78 is 67.5. The molecule has 32 heavy (non-hydrogen) atoms. The molecule has 3 heterocycles. The van der Waals surface area contributed by atoms with E-state index >= 15 is 0 Å². The Hall–Kier alpha value is -2.23. The van der Waals surface area contributed by atoms with Gasteiger partial charge in [-0.1, -0.05) is 0 Å². The number of alkyl halides is 5. The van der Waals surface area contributed by atoms with Gasteiger partial charge in [0.1, 0.15) is 5.82 Å². The maximum atomic E-state index is 13.3. The number of halogens is 5. The molecule has 10 heteroatoms. The van der Waals surface area contributed by atoms with Crippen LogP contribution in [0.5, 0.6) is 0 Å². The number of pyridine rings is 1. The number of aromatic nitrogens is 3. The highest BCUT2D eigenvalue weighted by Crippen LogP contribution is 2.69. The minimum Gasteiger partial charge on any atom is -0.383 e. The topological polar surface area (TPSA) is 60.0 Å². The van der Waals surface area contributed by atoms with E-state index in [1.165, 1.54) is 6.20 Å². The summed E-state index contributed by atoms with van der Waals surface area (Å²) in [5.74, 6) is 0.531. The van der Waals surface area contributed by atoms with Gasteiger partial charge in [0, 0.05) is 41.5 Å². The van der Waals surface area contributed by atoms with Crippen LogP contribution in [0.2, 0.25) is 0 Å². The van der Waals surface area contributed by atoms with Gasteiger partial charge in [0.05, 0.1) is 17.8 Å². The summed E-state index contributed by atoms with van der Waals surface area (Å²) in [5, 5.41) is 4.61. The van der Waals surface area contributed by atoms with Gasteiger partial charge in [-0.3, -0.25) is 9.58 Å². The van der Waals surface area contributed by atoms with E-state index in [4.69, 9.17) is 5.73 Å². The molecule has 1 saturated heterocycles. The molecule has 3 aliphatic rings. The van der Waals surface area contributed by atoms with E-state index in [-0.39, 0.29) is 29.6 Å². The Labute approximate surface area is 182 Å². The Morgan fingerprint density at radius 2 is 1.88 bits per heavy atom. The van der Waals surface area contributed by atoms with Crippen LogP contribution in [-0.4, -0.2) is 44.7 Å². The van der Waals surface area contributed by atoms with Crippen molar-refractivity contribution in [3.63, 3.8) is 0 Å². The molecule has 3 fully saturated rings. The first-order valence-electron chi connectivity index (χ1n) is 11.0. The number of nitrogen functional groups attached to an aromatic ring is 1. The second kappa shape index (κ2) is 7.13. The van der Waals surface area contributed by atoms with Gasteiger partial charge in [-0.15, -0.1) is 0 Å². The molecule has 2 N–H and O–H groups in total. The third-order valence-electron chi connectivity index (χ3n) is 7.55. The highest BCUT2D eigenvalue weighted by Gasteiger charge is 2.66. The molecule has 2 unspecified atom stereocenters. The molecule has 174 valence electrons. The molecule has 2 saturated carbocycles. The summed E-state index contributed by atoms with van der Waals surface area (Å²) in [5.41, 5.74) is 6.10. The Balaban J connectivity index is 1.40. The molecule has 2 aromatic rings. The van der Waals surface area contributed by atoms with Crippen LogP contribution in [0.4, 0.5) is 27.8 Å². The number of fused-ring (bicyclic) bond motifs is 1. The van der Waals surface area contributed by atoms with Crippen molar-refractivity contribution >= 4 is 5.82 Å². The van der Waals surface area contributed by atoms with Gasteiger partial charge in [-0.2, -0.15) is 18.3 Å². The van der Waals surface area contributed by atoms with E-state index in [2.05, 4.69) is 10.1 Å². The van der Waals surface area contributed by atoms with E-state index in [9.17, 15) is 22.0 Å². The third-order valence-corrected chi connectivity index (χ3v) is 7.55. The number of nitrogens with two attached hydrogens (primary N) is 1. The first-order chi connectivity index (χ1) is 15.0. The van der Waals surface area contributed by atoms with Crippen molar-refractivity contribution in [2.45, 2.75) is 63.2 Å². The number of rotatable bonds is 5. The lowest BCUT2D eigenvalue weighted by atomic mass is 9.78. The van der Waals surface area contributed by atoms with Gasteiger partial charge in [-0.25, -0.2) is 13.8 Å². The standard InChI is InChI=1S/C22H26F5N5/c1-11(2)32-17(6-16(30-32)12-5-15(22(25,26)27)20(28)29-9-12)19-13-7-21(8-14(13)19)3-4-31(21)10-18(23)24/h5-6,9,11,13-14,18-19H,3-4,7-8,10H2,1-2H3,(H2,28,29)/t13-,14+,19?,21?. The van der Waals surface area contributed by atoms with Crippen molar-refractivity contribution in [1.82, 2.24) is 19.7 Å². The summed E-state index contributed by atoms with van der Waals surface area (Å²) in [7, 11) is 0. The minimum atomic E-state index is -4.59. The normalized spacial score (nSPS) is 29.7. The molecule has 2 aliphatic carbocycles. The summed E-state index contributed by atoms with van der Waals surface area (Å²) >= 11 is 0. The zero-order chi connectivity index (χ0) is 23.0. The van der Waals surface area contributed by atoms with Crippen LogP contribution >= 0.6 is 0 Å². The molecule has 1 aliphatic heterocycles. The fourth-order valence-electron chi connectivity index (χ4n) is 5.96. The predicted octanol–water partition coefficient (Wildman–Crippen LogP) is 4.96. The molecule has 4 atom stereocenters. The lowest BCUT2D eigenvalue weighted by molar-refractivity contribution is -0.137. The molecule has 2 aromatic heterocycles. The van der Waals surface area contributed by atoms with Crippen LogP contribution in [-0.2, 0) is 6.18 Å². The largest absolute Gasteiger partial charge is 0.419 e. The molecule has 0 bridgehead atoms. The zero-order valence-corrected chi connectivity index (χ0v) is 17.9. The summed E-state index contributed by atoms with van der Waals surface area (Å²) in [6, 6.07) is 2.90. The Kier molecular flexibility index (Phi) is 4.82. The van der Waals surface area contributed by atoms with Crippen molar-refractivity contribution < 1.29 is 22.0 Å². The van der Waals surface area contributed by atoms with E-state index in [0.29, 0.717) is 17.5 Å². The minimum absolute atomic E-state index is 0.0388. The van der Waals surface area contributed by atoms with Crippen LogP contribution in [0, 0.1) is 11.8 Å². The maximum Gasteiger partial charge on any atom is 0.419 e. The van der Waals surface area contributed by atoms with E-state index in [1.54, 1.807) is 0 Å². The van der Waals surface area contributed by atoms with Crippen molar-refractivity contribution in [2.75, 3.05) is 18.8 Å². The highest BCUT2D eigenvalue weighted by atomic mass is 19.4. The quantitative estimate of drug-likeness (QED) is 0.648. The van der Waals surface area contributed by atoms with Gasteiger partial charge >= 0.3 is 6.18 Å². The van der Waals surface area contributed by atoms with Crippen molar-refractivity contribution in [2.24, 2.45) is 11.8 Å². The molecule has 5 nitrogen and oxygen atoms in total. The molecule has 0 radical (unpaired) electrons. The lowest BCUT2D eigenvalue weighted by Crippen LogP contribution is -2.60. The lowest BCUT2D eigenvalue weighted by Gasteiger charge is -2.52.